The normalized spacial score (nSPS) is 14.5. The Kier molecular flexibility index (Phi) is 7.94. The van der Waals surface area contributed by atoms with Gasteiger partial charge in [0.1, 0.15) is 0 Å². The Bertz CT molecular complexity index is 291. The SMILES string of the molecule is CCC(NS(=O)(=O)N(C)CCCNC)C(C)C. The lowest BCUT2D eigenvalue weighted by Crippen LogP contribution is -2.46. The van der Waals surface area contributed by atoms with Gasteiger partial charge in [0.2, 0.25) is 0 Å². The standard InChI is InChI=1S/C11H27N3O2S/c1-6-11(10(2)3)13-17(15,16)14(5)9-7-8-12-4/h10-13H,6-9H2,1-5H3. The fraction of sp³-hybridized carbons (Fsp3) is 1.00. The van der Waals surface area contributed by atoms with Gasteiger partial charge >= 0.3 is 0 Å². The first-order valence-corrected chi connectivity index (χ1v) is 7.67. The van der Waals surface area contributed by atoms with Crippen molar-refractivity contribution in [2.75, 3.05) is 27.2 Å². The monoisotopic (exact) mass is 265 g/mol. The zero-order valence-corrected chi connectivity index (χ0v) is 12.5. The van der Waals surface area contributed by atoms with Crippen molar-refractivity contribution in [1.29, 1.82) is 0 Å². The third-order valence-electron chi connectivity index (χ3n) is 2.85. The Morgan fingerprint density at radius 1 is 1.29 bits per heavy atom. The third-order valence-corrected chi connectivity index (χ3v) is 4.46. The molecule has 0 aromatic rings. The van der Waals surface area contributed by atoms with E-state index in [9.17, 15) is 8.42 Å². The topological polar surface area (TPSA) is 61.4 Å². The lowest BCUT2D eigenvalue weighted by molar-refractivity contribution is 0.400. The second kappa shape index (κ2) is 8.02. The molecule has 1 unspecified atom stereocenters. The van der Waals surface area contributed by atoms with Gasteiger partial charge in [-0.3, -0.25) is 0 Å². The van der Waals surface area contributed by atoms with E-state index in [4.69, 9.17) is 0 Å². The molecule has 17 heavy (non-hydrogen) atoms. The highest BCUT2D eigenvalue weighted by molar-refractivity contribution is 7.87. The molecule has 0 saturated carbocycles. The molecule has 0 radical (unpaired) electrons. The van der Waals surface area contributed by atoms with Crippen LogP contribution in [0.4, 0.5) is 0 Å². The van der Waals surface area contributed by atoms with Crippen molar-refractivity contribution >= 4 is 10.2 Å². The van der Waals surface area contributed by atoms with Gasteiger partial charge in [0.05, 0.1) is 0 Å². The van der Waals surface area contributed by atoms with Crippen molar-refractivity contribution in [3.8, 4) is 0 Å². The summed E-state index contributed by atoms with van der Waals surface area (Å²) in [6.45, 7) is 7.40. The molecule has 0 amide bonds. The van der Waals surface area contributed by atoms with E-state index in [2.05, 4.69) is 10.0 Å². The Balaban J connectivity index is 4.35. The van der Waals surface area contributed by atoms with Crippen molar-refractivity contribution in [3.63, 3.8) is 0 Å². The predicted octanol–water partition coefficient (Wildman–Crippen LogP) is 0.797. The minimum Gasteiger partial charge on any atom is -0.320 e. The van der Waals surface area contributed by atoms with Gasteiger partial charge in [0, 0.05) is 19.6 Å². The largest absolute Gasteiger partial charge is 0.320 e. The number of nitrogens with zero attached hydrogens (tertiary/aromatic N) is 1. The zero-order chi connectivity index (χ0) is 13.5. The maximum Gasteiger partial charge on any atom is 0.279 e. The van der Waals surface area contributed by atoms with E-state index >= 15 is 0 Å². The van der Waals surface area contributed by atoms with E-state index in [0.29, 0.717) is 12.5 Å². The van der Waals surface area contributed by atoms with E-state index in [1.54, 1.807) is 7.05 Å². The Morgan fingerprint density at radius 2 is 1.88 bits per heavy atom. The van der Waals surface area contributed by atoms with Crippen molar-refractivity contribution < 1.29 is 8.42 Å². The summed E-state index contributed by atoms with van der Waals surface area (Å²) in [5, 5.41) is 3.00. The van der Waals surface area contributed by atoms with Crippen molar-refractivity contribution in [1.82, 2.24) is 14.3 Å². The van der Waals surface area contributed by atoms with Crippen LogP contribution in [0.3, 0.4) is 0 Å². The van der Waals surface area contributed by atoms with E-state index in [0.717, 1.165) is 19.4 Å². The average molecular weight is 265 g/mol. The average Bonchev–Trinajstić information content (AvgIpc) is 2.25. The molecular formula is C11H27N3O2S. The lowest BCUT2D eigenvalue weighted by atomic mass is 10.0. The molecule has 0 fully saturated rings. The summed E-state index contributed by atoms with van der Waals surface area (Å²) in [6.07, 6.45) is 1.62. The molecule has 0 bridgehead atoms. The van der Waals surface area contributed by atoms with Crippen molar-refractivity contribution in [3.05, 3.63) is 0 Å². The maximum absolute atomic E-state index is 12.0. The fourth-order valence-corrected chi connectivity index (χ4v) is 2.94. The molecule has 0 rings (SSSR count). The summed E-state index contributed by atoms with van der Waals surface area (Å²) in [5.74, 6) is 0.306. The highest BCUT2D eigenvalue weighted by atomic mass is 32.2. The smallest absolute Gasteiger partial charge is 0.279 e. The van der Waals surface area contributed by atoms with Crippen LogP contribution in [0, 0.1) is 5.92 Å². The molecule has 104 valence electrons. The number of hydrogen-bond donors (Lipinski definition) is 2. The van der Waals surface area contributed by atoms with Crippen LogP contribution in [0.2, 0.25) is 0 Å². The van der Waals surface area contributed by atoms with Gasteiger partial charge in [0.15, 0.2) is 0 Å². The van der Waals surface area contributed by atoms with Gasteiger partial charge in [-0.25, -0.2) is 0 Å². The zero-order valence-electron chi connectivity index (χ0n) is 11.7. The number of hydrogen-bond acceptors (Lipinski definition) is 3. The van der Waals surface area contributed by atoms with Gasteiger partial charge in [-0.05, 0) is 32.4 Å². The third kappa shape index (κ3) is 6.35. The molecule has 0 heterocycles. The van der Waals surface area contributed by atoms with Gasteiger partial charge in [-0.15, -0.1) is 0 Å². The van der Waals surface area contributed by atoms with E-state index in [1.807, 2.05) is 27.8 Å². The van der Waals surface area contributed by atoms with Crippen LogP contribution in [0.1, 0.15) is 33.6 Å². The summed E-state index contributed by atoms with van der Waals surface area (Å²) in [6, 6.07) is 0.00625. The molecule has 0 aliphatic heterocycles. The van der Waals surface area contributed by atoms with Gasteiger partial charge < -0.3 is 5.32 Å². The van der Waals surface area contributed by atoms with Crippen molar-refractivity contribution in [2.24, 2.45) is 5.92 Å². The molecule has 0 aromatic heterocycles. The van der Waals surface area contributed by atoms with E-state index in [-0.39, 0.29) is 6.04 Å². The van der Waals surface area contributed by atoms with Crippen LogP contribution in [0.25, 0.3) is 0 Å². The Hall–Kier alpha value is -0.170. The van der Waals surface area contributed by atoms with E-state index in [1.165, 1.54) is 4.31 Å². The molecule has 0 aliphatic rings. The first-order valence-electron chi connectivity index (χ1n) is 6.23. The first kappa shape index (κ1) is 16.8. The highest BCUT2D eigenvalue weighted by Gasteiger charge is 2.22. The van der Waals surface area contributed by atoms with Crippen LogP contribution in [0.5, 0.6) is 0 Å². The second-order valence-electron chi connectivity index (χ2n) is 4.66. The molecule has 6 heteroatoms. The Morgan fingerprint density at radius 3 is 2.29 bits per heavy atom. The maximum atomic E-state index is 12.0. The van der Waals surface area contributed by atoms with Crippen LogP contribution in [-0.4, -0.2) is 45.9 Å². The summed E-state index contributed by atoms with van der Waals surface area (Å²) < 4.78 is 28.1. The highest BCUT2D eigenvalue weighted by Crippen LogP contribution is 2.08. The van der Waals surface area contributed by atoms with Gasteiger partial charge in [0.25, 0.3) is 10.2 Å². The molecule has 0 aromatic carbocycles. The summed E-state index contributed by atoms with van der Waals surface area (Å²) in [7, 11) is 0.134. The van der Waals surface area contributed by atoms with Crippen molar-refractivity contribution in [2.45, 2.75) is 39.7 Å². The van der Waals surface area contributed by atoms with Gasteiger partial charge in [-0.1, -0.05) is 20.8 Å². The second-order valence-corrected chi connectivity index (χ2v) is 6.47. The molecule has 5 nitrogen and oxygen atoms in total. The summed E-state index contributed by atoms with van der Waals surface area (Å²) in [5.41, 5.74) is 0. The number of nitrogens with one attached hydrogen (secondary N) is 2. The lowest BCUT2D eigenvalue weighted by Gasteiger charge is -2.24. The fourth-order valence-electron chi connectivity index (χ4n) is 1.57. The molecule has 0 spiro atoms. The number of rotatable bonds is 9. The minimum atomic E-state index is -3.34. The molecule has 0 aliphatic carbocycles. The van der Waals surface area contributed by atoms with Crippen LogP contribution in [-0.2, 0) is 10.2 Å². The van der Waals surface area contributed by atoms with Crippen LogP contribution >= 0.6 is 0 Å². The minimum absolute atomic E-state index is 0.00625. The molecule has 2 N–H and O–H groups in total. The molecular weight excluding hydrogens is 238 g/mol. The van der Waals surface area contributed by atoms with Crippen LogP contribution < -0.4 is 10.0 Å². The summed E-state index contributed by atoms with van der Waals surface area (Å²) >= 11 is 0. The van der Waals surface area contributed by atoms with Crippen LogP contribution in [0.15, 0.2) is 0 Å². The van der Waals surface area contributed by atoms with Gasteiger partial charge in [-0.2, -0.15) is 17.4 Å². The Labute approximate surface area is 106 Å². The molecule has 1 atom stereocenters. The quantitative estimate of drug-likeness (QED) is 0.606. The first-order chi connectivity index (χ1) is 7.85. The van der Waals surface area contributed by atoms with E-state index < -0.39 is 10.2 Å². The summed E-state index contributed by atoms with van der Waals surface area (Å²) in [4.78, 5) is 0. The predicted molar refractivity (Wildman–Crippen MR) is 72.1 cm³/mol. The molecule has 0 saturated heterocycles.